The van der Waals surface area contributed by atoms with Crippen molar-refractivity contribution in [1.82, 2.24) is 0 Å². The van der Waals surface area contributed by atoms with Gasteiger partial charge in [-0.15, -0.1) is 0 Å². The minimum Gasteiger partial charge on any atom is -0.481 e. The quantitative estimate of drug-likeness (QED) is 0.814. The predicted molar refractivity (Wildman–Crippen MR) is 61.7 cm³/mol. The van der Waals surface area contributed by atoms with Crippen LogP contribution in [0, 0.1) is 11.3 Å². The summed E-state index contributed by atoms with van der Waals surface area (Å²) in [5.74, 6) is -0.785. The molecule has 16 heavy (non-hydrogen) atoms. The zero-order valence-electron chi connectivity index (χ0n) is 8.87. The molecular weight excluding hydrogens is 224 g/mol. The summed E-state index contributed by atoms with van der Waals surface area (Å²) in [6.07, 6.45) is 3.64. The summed E-state index contributed by atoms with van der Waals surface area (Å²) in [5.41, 5.74) is 2.50. The number of hydrogen-bond donors (Lipinski definition) is 1. The Morgan fingerprint density at radius 1 is 1.50 bits per heavy atom. The molecule has 2 aliphatic rings. The maximum Gasteiger partial charge on any atom is 0.307 e. The van der Waals surface area contributed by atoms with Crippen molar-refractivity contribution in [3.63, 3.8) is 0 Å². The van der Waals surface area contributed by atoms with Crippen molar-refractivity contribution in [1.29, 1.82) is 0 Å². The van der Waals surface area contributed by atoms with Crippen molar-refractivity contribution < 1.29 is 9.90 Å². The first-order valence-electron chi connectivity index (χ1n) is 5.61. The monoisotopic (exact) mass is 236 g/mol. The van der Waals surface area contributed by atoms with E-state index < -0.39 is 5.97 Å². The van der Waals surface area contributed by atoms with E-state index in [9.17, 15) is 4.79 Å². The summed E-state index contributed by atoms with van der Waals surface area (Å²) < 4.78 is 0. The topological polar surface area (TPSA) is 37.3 Å². The first kappa shape index (κ1) is 10.2. The Morgan fingerprint density at radius 2 is 2.31 bits per heavy atom. The molecule has 0 saturated heterocycles. The normalized spacial score (nSPS) is 31.2. The van der Waals surface area contributed by atoms with Crippen LogP contribution in [0.5, 0.6) is 0 Å². The molecule has 1 spiro atoms. The number of carboxylic acid groups (broad SMARTS) is 1. The van der Waals surface area contributed by atoms with E-state index in [4.69, 9.17) is 16.7 Å². The van der Waals surface area contributed by atoms with Crippen LogP contribution in [0.25, 0.3) is 0 Å². The molecule has 0 bridgehead atoms. The first-order chi connectivity index (χ1) is 7.62. The van der Waals surface area contributed by atoms with Gasteiger partial charge in [0.1, 0.15) is 0 Å². The number of benzene rings is 1. The van der Waals surface area contributed by atoms with Gasteiger partial charge >= 0.3 is 5.97 Å². The molecule has 0 heterocycles. The van der Waals surface area contributed by atoms with E-state index in [0.717, 1.165) is 30.7 Å². The summed E-state index contributed by atoms with van der Waals surface area (Å²) in [5, 5.41) is 9.85. The number of carbonyl (C=O) groups is 1. The molecule has 1 fully saturated rings. The van der Waals surface area contributed by atoms with Crippen molar-refractivity contribution in [2.45, 2.75) is 25.7 Å². The second kappa shape index (κ2) is 3.24. The summed E-state index contributed by atoms with van der Waals surface area (Å²) >= 11 is 6.18. The van der Waals surface area contributed by atoms with Crippen LogP contribution in [0.2, 0.25) is 5.02 Å². The van der Waals surface area contributed by atoms with Crippen molar-refractivity contribution in [2.24, 2.45) is 11.3 Å². The lowest BCUT2D eigenvalue weighted by molar-refractivity contribution is -0.139. The van der Waals surface area contributed by atoms with Gasteiger partial charge in [0.15, 0.2) is 0 Å². The third kappa shape index (κ3) is 1.36. The third-order valence-corrected chi connectivity index (χ3v) is 4.48. The molecule has 3 heteroatoms. The zero-order valence-corrected chi connectivity index (χ0v) is 9.63. The van der Waals surface area contributed by atoms with Gasteiger partial charge < -0.3 is 5.11 Å². The molecule has 1 saturated carbocycles. The van der Waals surface area contributed by atoms with Crippen LogP contribution in [0.1, 0.15) is 24.0 Å². The fraction of sp³-hybridized carbons (Fsp3) is 0.462. The molecule has 0 radical (unpaired) electrons. The fourth-order valence-corrected chi connectivity index (χ4v) is 3.29. The SMILES string of the molecule is O=C(O)C1CC12CCc1cccc(Cl)c1C2. The van der Waals surface area contributed by atoms with Gasteiger partial charge in [-0.05, 0) is 48.3 Å². The van der Waals surface area contributed by atoms with Crippen LogP contribution in [-0.2, 0) is 17.6 Å². The second-order valence-corrected chi connectivity index (χ2v) is 5.42. The smallest absolute Gasteiger partial charge is 0.307 e. The summed E-state index contributed by atoms with van der Waals surface area (Å²) in [7, 11) is 0. The van der Waals surface area contributed by atoms with Crippen molar-refractivity contribution in [3.05, 3.63) is 34.3 Å². The maximum atomic E-state index is 11.0. The molecule has 2 nitrogen and oxygen atoms in total. The van der Waals surface area contributed by atoms with Gasteiger partial charge in [-0.2, -0.15) is 0 Å². The highest BCUT2D eigenvalue weighted by Gasteiger charge is 2.59. The molecule has 0 aromatic heterocycles. The van der Waals surface area contributed by atoms with Gasteiger partial charge in [-0.25, -0.2) is 0 Å². The molecule has 2 unspecified atom stereocenters. The lowest BCUT2D eigenvalue weighted by atomic mass is 9.80. The Morgan fingerprint density at radius 3 is 3.00 bits per heavy atom. The molecule has 1 aromatic carbocycles. The molecule has 84 valence electrons. The summed E-state index contributed by atoms with van der Waals surface area (Å²) in [6, 6.07) is 5.98. The van der Waals surface area contributed by atoms with Crippen LogP contribution < -0.4 is 0 Å². The lowest BCUT2D eigenvalue weighted by Gasteiger charge is -2.25. The van der Waals surface area contributed by atoms with Gasteiger partial charge in [-0.3, -0.25) is 4.79 Å². The minimum absolute atomic E-state index is 0.0177. The Kier molecular flexibility index (Phi) is 2.05. The summed E-state index contributed by atoms with van der Waals surface area (Å²) in [4.78, 5) is 11.0. The number of halogens is 1. The lowest BCUT2D eigenvalue weighted by Crippen LogP contribution is -2.20. The van der Waals surface area contributed by atoms with E-state index >= 15 is 0 Å². The Bertz CT molecular complexity index is 469. The number of rotatable bonds is 1. The molecule has 1 N–H and O–H groups in total. The second-order valence-electron chi connectivity index (χ2n) is 5.01. The van der Waals surface area contributed by atoms with E-state index in [0.29, 0.717) is 0 Å². The Labute approximate surface area is 99.2 Å². The van der Waals surface area contributed by atoms with Crippen LogP contribution in [0.15, 0.2) is 18.2 Å². The van der Waals surface area contributed by atoms with E-state index in [2.05, 4.69) is 6.07 Å². The highest BCUT2D eigenvalue weighted by molar-refractivity contribution is 6.31. The average Bonchev–Trinajstić information content (AvgIpc) is 2.95. The standard InChI is InChI=1S/C13H13ClO2/c14-11-3-1-2-8-4-5-13(6-9(8)11)7-10(13)12(15)16/h1-3,10H,4-7H2,(H,15,16). The molecule has 2 aliphatic carbocycles. The average molecular weight is 237 g/mol. The van der Waals surface area contributed by atoms with E-state index in [-0.39, 0.29) is 11.3 Å². The van der Waals surface area contributed by atoms with Crippen LogP contribution in [0.3, 0.4) is 0 Å². The van der Waals surface area contributed by atoms with E-state index in [1.807, 2.05) is 12.1 Å². The molecule has 3 rings (SSSR count). The summed E-state index contributed by atoms with van der Waals surface area (Å²) in [6.45, 7) is 0. The van der Waals surface area contributed by atoms with Gasteiger partial charge in [0.25, 0.3) is 0 Å². The third-order valence-electron chi connectivity index (χ3n) is 4.12. The van der Waals surface area contributed by atoms with Gasteiger partial charge in [0.05, 0.1) is 5.92 Å². The van der Waals surface area contributed by atoms with Gasteiger partial charge in [0, 0.05) is 5.02 Å². The van der Waals surface area contributed by atoms with Gasteiger partial charge in [0.2, 0.25) is 0 Å². The maximum absolute atomic E-state index is 11.0. The Hall–Kier alpha value is -1.02. The zero-order chi connectivity index (χ0) is 11.3. The van der Waals surface area contributed by atoms with E-state index in [1.54, 1.807) is 0 Å². The number of hydrogen-bond acceptors (Lipinski definition) is 1. The van der Waals surface area contributed by atoms with Crippen molar-refractivity contribution >= 4 is 17.6 Å². The molecule has 2 atom stereocenters. The molecule has 1 aromatic rings. The van der Waals surface area contributed by atoms with Crippen LogP contribution in [-0.4, -0.2) is 11.1 Å². The highest BCUT2D eigenvalue weighted by atomic mass is 35.5. The molecule has 0 aliphatic heterocycles. The molecule has 0 amide bonds. The minimum atomic E-state index is -0.643. The Balaban J connectivity index is 1.93. The number of aryl methyl sites for hydroxylation is 1. The highest BCUT2D eigenvalue weighted by Crippen LogP contribution is 2.60. The first-order valence-corrected chi connectivity index (χ1v) is 5.99. The van der Waals surface area contributed by atoms with Crippen LogP contribution >= 0.6 is 11.6 Å². The van der Waals surface area contributed by atoms with E-state index in [1.165, 1.54) is 11.1 Å². The molecular formula is C13H13ClO2. The fourth-order valence-electron chi connectivity index (χ4n) is 3.03. The largest absolute Gasteiger partial charge is 0.481 e. The van der Waals surface area contributed by atoms with Gasteiger partial charge in [-0.1, -0.05) is 23.7 Å². The predicted octanol–water partition coefficient (Wildman–Crippen LogP) is 2.92. The van der Waals surface area contributed by atoms with Crippen LogP contribution in [0.4, 0.5) is 0 Å². The number of carboxylic acids is 1. The van der Waals surface area contributed by atoms with Crippen molar-refractivity contribution in [3.8, 4) is 0 Å². The number of fused-ring (bicyclic) bond motifs is 1. The van der Waals surface area contributed by atoms with Crippen molar-refractivity contribution in [2.75, 3.05) is 0 Å². The number of aliphatic carboxylic acids is 1.